The molecule has 2 aromatic rings. The smallest absolute Gasteiger partial charge is 0.144 e. The number of benzene rings is 2. The monoisotopic (exact) mass is 257 g/mol. The maximum atomic E-state index is 13.4. The Labute approximate surface area is 110 Å². The summed E-state index contributed by atoms with van der Waals surface area (Å²) in [5, 5.41) is 18.0. The molecular weight excluding hydrogens is 245 g/mol. The highest BCUT2D eigenvalue weighted by molar-refractivity contribution is 5.39. The van der Waals surface area contributed by atoms with Gasteiger partial charge in [-0.1, -0.05) is 12.1 Å². The number of aliphatic hydroxyl groups excluding tert-OH is 1. The molecule has 3 nitrogen and oxygen atoms in total. The summed E-state index contributed by atoms with van der Waals surface area (Å²) in [5.41, 5.74) is 0.759. The molecule has 0 aromatic heterocycles. The van der Waals surface area contributed by atoms with Gasteiger partial charge in [-0.15, -0.1) is 0 Å². The quantitative estimate of drug-likeness (QED) is 0.914. The second-order valence-electron chi connectivity index (χ2n) is 4.10. The first-order valence-electron chi connectivity index (χ1n) is 5.75. The van der Waals surface area contributed by atoms with Crippen LogP contribution in [0, 0.1) is 17.1 Å². The van der Waals surface area contributed by atoms with Crippen molar-refractivity contribution in [2.45, 2.75) is 13.0 Å². The van der Waals surface area contributed by atoms with Crippen molar-refractivity contribution in [2.75, 3.05) is 0 Å². The van der Waals surface area contributed by atoms with Crippen LogP contribution in [0.5, 0.6) is 11.5 Å². The Hall–Kier alpha value is -2.38. The largest absolute Gasteiger partial charge is 0.457 e. The van der Waals surface area contributed by atoms with Crippen LogP contribution in [0.1, 0.15) is 24.2 Å². The Morgan fingerprint density at radius 2 is 1.79 bits per heavy atom. The van der Waals surface area contributed by atoms with E-state index in [1.54, 1.807) is 37.3 Å². The SMILES string of the molecule is C[C@@H](O)c1ccc(Oc2ccc(C#N)c(F)c2)cc1. The summed E-state index contributed by atoms with van der Waals surface area (Å²) >= 11 is 0. The van der Waals surface area contributed by atoms with Crippen molar-refractivity contribution in [3.8, 4) is 17.6 Å². The van der Waals surface area contributed by atoms with Gasteiger partial charge < -0.3 is 9.84 Å². The Kier molecular flexibility index (Phi) is 3.79. The Morgan fingerprint density at radius 3 is 2.32 bits per heavy atom. The normalized spacial score (nSPS) is 11.7. The third-order valence-electron chi connectivity index (χ3n) is 2.66. The number of aliphatic hydroxyl groups is 1. The third-order valence-corrected chi connectivity index (χ3v) is 2.66. The molecule has 2 aromatic carbocycles. The minimum Gasteiger partial charge on any atom is -0.457 e. The van der Waals surface area contributed by atoms with Crippen molar-refractivity contribution >= 4 is 0 Å². The third kappa shape index (κ3) is 3.09. The van der Waals surface area contributed by atoms with Gasteiger partial charge in [0.25, 0.3) is 0 Å². The van der Waals surface area contributed by atoms with E-state index in [1.165, 1.54) is 18.2 Å². The van der Waals surface area contributed by atoms with Crippen molar-refractivity contribution < 1.29 is 14.2 Å². The van der Waals surface area contributed by atoms with E-state index in [2.05, 4.69) is 0 Å². The molecule has 0 aliphatic carbocycles. The molecule has 0 saturated carbocycles. The van der Waals surface area contributed by atoms with E-state index in [9.17, 15) is 9.50 Å². The van der Waals surface area contributed by atoms with E-state index in [0.717, 1.165) is 5.56 Å². The molecule has 19 heavy (non-hydrogen) atoms. The van der Waals surface area contributed by atoms with E-state index >= 15 is 0 Å². The molecule has 0 unspecified atom stereocenters. The van der Waals surface area contributed by atoms with Crippen LogP contribution < -0.4 is 4.74 Å². The van der Waals surface area contributed by atoms with E-state index < -0.39 is 11.9 Å². The Balaban J connectivity index is 2.17. The zero-order valence-corrected chi connectivity index (χ0v) is 10.3. The van der Waals surface area contributed by atoms with Crippen LogP contribution in [0.15, 0.2) is 42.5 Å². The molecule has 0 aliphatic heterocycles. The number of nitriles is 1. The van der Waals surface area contributed by atoms with Crippen LogP contribution in [-0.4, -0.2) is 5.11 Å². The predicted octanol–water partition coefficient (Wildman–Crippen LogP) is 3.54. The second-order valence-corrected chi connectivity index (χ2v) is 4.10. The molecule has 4 heteroatoms. The highest BCUT2D eigenvalue weighted by Gasteiger charge is 2.05. The molecule has 0 bridgehead atoms. The molecule has 0 aliphatic rings. The molecule has 0 fully saturated rings. The predicted molar refractivity (Wildman–Crippen MR) is 68.3 cm³/mol. The topological polar surface area (TPSA) is 53.2 Å². The molecule has 0 saturated heterocycles. The molecule has 0 heterocycles. The molecule has 96 valence electrons. The van der Waals surface area contributed by atoms with Crippen LogP contribution in [0.25, 0.3) is 0 Å². The fourth-order valence-electron chi connectivity index (χ4n) is 1.60. The fraction of sp³-hybridized carbons (Fsp3) is 0.133. The van der Waals surface area contributed by atoms with Crippen molar-refractivity contribution in [3.63, 3.8) is 0 Å². The van der Waals surface area contributed by atoms with Gasteiger partial charge in [-0.3, -0.25) is 0 Å². The summed E-state index contributed by atoms with van der Waals surface area (Å²) in [6.07, 6.45) is -0.540. The van der Waals surface area contributed by atoms with Gasteiger partial charge in [-0.25, -0.2) is 4.39 Å². The lowest BCUT2D eigenvalue weighted by Gasteiger charge is -2.08. The van der Waals surface area contributed by atoms with Gasteiger partial charge >= 0.3 is 0 Å². The number of halogens is 1. The molecule has 2 rings (SSSR count). The maximum absolute atomic E-state index is 13.4. The van der Waals surface area contributed by atoms with Gasteiger partial charge in [0, 0.05) is 6.07 Å². The number of ether oxygens (including phenoxy) is 1. The lowest BCUT2D eigenvalue weighted by Crippen LogP contribution is -1.91. The van der Waals surface area contributed by atoms with Crippen LogP contribution in [0.2, 0.25) is 0 Å². The van der Waals surface area contributed by atoms with Gasteiger partial charge in [-0.2, -0.15) is 5.26 Å². The zero-order chi connectivity index (χ0) is 13.8. The Bertz CT molecular complexity index is 615. The second kappa shape index (κ2) is 5.51. The number of hydrogen-bond acceptors (Lipinski definition) is 3. The summed E-state index contributed by atoms with van der Waals surface area (Å²) < 4.78 is 18.8. The lowest BCUT2D eigenvalue weighted by molar-refractivity contribution is 0.199. The number of rotatable bonds is 3. The van der Waals surface area contributed by atoms with Gasteiger partial charge in [-0.05, 0) is 36.8 Å². The summed E-state index contributed by atoms with van der Waals surface area (Å²) in [6, 6.07) is 12.7. The summed E-state index contributed by atoms with van der Waals surface area (Å²) in [7, 11) is 0. The molecule has 1 atom stereocenters. The van der Waals surface area contributed by atoms with E-state index in [0.29, 0.717) is 11.5 Å². The zero-order valence-electron chi connectivity index (χ0n) is 10.3. The molecule has 0 spiro atoms. The molecular formula is C15H12FNO2. The highest BCUT2D eigenvalue weighted by Crippen LogP contribution is 2.24. The van der Waals surface area contributed by atoms with Crippen molar-refractivity contribution in [1.29, 1.82) is 5.26 Å². The van der Waals surface area contributed by atoms with E-state index in [-0.39, 0.29) is 5.56 Å². The highest BCUT2D eigenvalue weighted by atomic mass is 19.1. The first-order chi connectivity index (χ1) is 9.10. The number of nitrogens with zero attached hydrogens (tertiary/aromatic N) is 1. The summed E-state index contributed by atoms with van der Waals surface area (Å²) in [6.45, 7) is 1.67. The van der Waals surface area contributed by atoms with Crippen LogP contribution in [0.3, 0.4) is 0 Å². The Morgan fingerprint density at radius 1 is 1.16 bits per heavy atom. The molecule has 0 radical (unpaired) electrons. The summed E-state index contributed by atoms with van der Waals surface area (Å²) in [4.78, 5) is 0. The van der Waals surface area contributed by atoms with Gasteiger partial charge in [0.2, 0.25) is 0 Å². The molecule has 1 N–H and O–H groups in total. The maximum Gasteiger partial charge on any atom is 0.144 e. The average molecular weight is 257 g/mol. The first-order valence-corrected chi connectivity index (χ1v) is 5.75. The standard InChI is InChI=1S/C15H12FNO2/c1-10(18)11-2-5-13(6-3-11)19-14-7-4-12(9-17)15(16)8-14/h2-8,10,18H,1H3/t10-/m1/s1. The fourth-order valence-corrected chi connectivity index (χ4v) is 1.60. The van der Waals surface area contributed by atoms with Gasteiger partial charge in [0.05, 0.1) is 11.7 Å². The number of hydrogen-bond donors (Lipinski definition) is 1. The minimum absolute atomic E-state index is 0.0168. The van der Waals surface area contributed by atoms with Gasteiger partial charge in [0.15, 0.2) is 0 Å². The van der Waals surface area contributed by atoms with Crippen LogP contribution in [0.4, 0.5) is 4.39 Å². The molecule has 0 amide bonds. The van der Waals surface area contributed by atoms with Gasteiger partial charge in [0.1, 0.15) is 23.4 Å². The van der Waals surface area contributed by atoms with Crippen molar-refractivity contribution in [2.24, 2.45) is 0 Å². The van der Waals surface area contributed by atoms with Crippen LogP contribution in [-0.2, 0) is 0 Å². The minimum atomic E-state index is -0.611. The average Bonchev–Trinajstić information content (AvgIpc) is 2.39. The summed E-state index contributed by atoms with van der Waals surface area (Å²) in [5.74, 6) is 0.246. The van der Waals surface area contributed by atoms with Crippen molar-refractivity contribution in [3.05, 3.63) is 59.4 Å². The van der Waals surface area contributed by atoms with E-state index in [4.69, 9.17) is 10.00 Å². The lowest BCUT2D eigenvalue weighted by atomic mass is 10.1. The first kappa shape index (κ1) is 13.1. The van der Waals surface area contributed by atoms with E-state index in [1.807, 2.05) is 0 Å². The van der Waals surface area contributed by atoms with Crippen molar-refractivity contribution in [1.82, 2.24) is 0 Å². The van der Waals surface area contributed by atoms with Crippen LogP contribution >= 0.6 is 0 Å².